The zero-order chi connectivity index (χ0) is 19.9. The van der Waals surface area contributed by atoms with Crippen molar-refractivity contribution in [2.45, 2.75) is 19.4 Å². The number of nitrogen functional groups attached to an aromatic ring is 1. The zero-order valence-corrected chi connectivity index (χ0v) is 16.5. The van der Waals surface area contributed by atoms with Gasteiger partial charge in [0.1, 0.15) is 17.3 Å². The number of piperidine rings is 1. The Morgan fingerprint density at radius 3 is 2.71 bits per heavy atom. The predicted octanol–water partition coefficient (Wildman–Crippen LogP) is 2.32. The lowest BCUT2D eigenvalue weighted by Crippen LogP contribution is -2.40. The highest BCUT2D eigenvalue weighted by Gasteiger charge is 2.21. The maximum atomic E-state index is 12.6. The summed E-state index contributed by atoms with van der Waals surface area (Å²) in [6.45, 7) is 3.39. The molecule has 3 N–H and O–H groups in total. The Labute approximate surface area is 165 Å². The van der Waals surface area contributed by atoms with Crippen LogP contribution in [0.25, 0.3) is 0 Å². The third-order valence-electron chi connectivity index (χ3n) is 5.09. The molecule has 0 saturated carbocycles. The van der Waals surface area contributed by atoms with Gasteiger partial charge in [0.2, 0.25) is 0 Å². The second-order valence-electron chi connectivity index (χ2n) is 7.10. The van der Waals surface area contributed by atoms with Gasteiger partial charge in [-0.2, -0.15) is 0 Å². The number of ether oxygens (including phenoxy) is 2. The predicted molar refractivity (Wildman–Crippen MR) is 109 cm³/mol. The maximum absolute atomic E-state index is 12.6. The number of nitrogens with zero attached hydrogens (tertiary/aromatic N) is 2. The van der Waals surface area contributed by atoms with Crippen LogP contribution in [0.1, 0.15) is 28.8 Å². The van der Waals surface area contributed by atoms with Gasteiger partial charge in [0.25, 0.3) is 5.91 Å². The number of rotatable bonds is 7. The standard InChI is InChI=1S/C21H28N4O3/c1-27-18-9-17(10-19(11-18)28-2)21(26)24-12-15-5-4-8-25(13-15)14-16-6-3-7-23-20(16)22/h3,6-7,9-11,15H,4-5,8,12-14H2,1-2H3,(H2,22,23)(H,24,26)/t15-/m1/s1. The van der Waals surface area contributed by atoms with Crippen LogP contribution in [0.5, 0.6) is 11.5 Å². The van der Waals surface area contributed by atoms with Crippen LogP contribution < -0.4 is 20.5 Å². The quantitative estimate of drug-likeness (QED) is 0.762. The van der Waals surface area contributed by atoms with E-state index in [0.29, 0.717) is 35.3 Å². The summed E-state index contributed by atoms with van der Waals surface area (Å²) in [5.74, 6) is 2.07. The molecule has 3 rings (SSSR count). The molecule has 7 nitrogen and oxygen atoms in total. The summed E-state index contributed by atoms with van der Waals surface area (Å²) in [7, 11) is 3.14. The van der Waals surface area contributed by atoms with Gasteiger partial charge in [-0.05, 0) is 43.5 Å². The molecule has 1 amide bonds. The van der Waals surface area contributed by atoms with Crippen molar-refractivity contribution in [3.05, 3.63) is 47.7 Å². The van der Waals surface area contributed by atoms with Crippen molar-refractivity contribution in [3.63, 3.8) is 0 Å². The van der Waals surface area contributed by atoms with E-state index in [-0.39, 0.29) is 5.91 Å². The monoisotopic (exact) mass is 384 g/mol. The van der Waals surface area contributed by atoms with E-state index in [4.69, 9.17) is 15.2 Å². The van der Waals surface area contributed by atoms with Gasteiger partial charge in [0.05, 0.1) is 14.2 Å². The summed E-state index contributed by atoms with van der Waals surface area (Å²) in [5, 5.41) is 3.05. The topological polar surface area (TPSA) is 89.7 Å². The first-order chi connectivity index (χ1) is 13.6. The van der Waals surface area contributed by atoms with Crippen LogP contribution in [0, 0.1) is 5.92 Å². The summed E-state index contributed by atoms with van der Waals surface area (Å²) >= 11 is 0. The van der Waals surface area contributed by atoms with Crippen molar-refractivity contribution < 1.29 is 14.3 Å². The molecule has 150 valence electrons. The third kappa shape index (κ3) is 5.13. The minimum atomic E-state index is -0.120. The molecule has 0 aliphatic carbocycles. The lowest BCUT2D eigenvalue weighted by atomic mass is 9.97. The maximum Gasteiger partial charge on any atom is 0.251 e. The average molecular weight is 384 g/mol. The van der Waals surface area contributed by atoms with Gasteiger partial charge < -0.3 is 20.5 Å². The van der Waals surface area contributed by atoms with E-state index < -0.39 is 0 Å². The van der Waals surface area contributed by atoms with Crippen LogP contribution in [0.15, 0.2) is 36.5 Å². The van der Waals surface area contributed by atoms with E-state index in [2.05, 4.69) is 15.2 Å². The molecular formula is C21H28N4O3. The molecule has 2 heterocycles. The second-order valence-corrected chi connectivity index (χ2v) is 7.10. The normalized spacial score (nSPS) is 17.1. The van der Waals surface area contributed by atoms with Crippen LogP contribution in [-0.4, -0.2) is 49.6 Å². The molecular weight excluding hydrogens is 356 g/mol. The van der Waals surface area contributed by atoms with Gasteiger partial charge in [0, 0.05) is 43.0 Å². The second kappa shape index (κ2) is 9.41. The van der Waals surface area contributed by atoms with Crippen molar-refractivity contribution in [1.29, 1.82) is 0 Å². The van der Waals surface area contributed by atoms with Crippen LogP contribution >= 0.6 is 0 Å². The first-order valence-electron chi connectivity index (χ1n) is 9.52. The number of methoxy groups -OCH3 is 2. The van der Waals surface area contributed by atoms with Gasteiger partial charge >= 0.3 is 0 Å². The van der Waals surface area contributed by atoms with Gasteiger partial charge in [-0.1, -0.05) is 6.07 Å². The molecule has 1 aliphatic heterocycles. The zero-order valence-electron chi connectivity index (χ0n) is 16.5. The molecule has 1 aromatic carbocycles. The Morgan fingerprint density at radius 1 is 1.29 bits per heavy atom. The van der Waals surface area contributed by atoms with Crippen LogP contribution in [0.3, 0.4) is 0 Å². The van der Waals surface area contributed by atoms with E-state index in [0.717, 1.165) is 38.0 Å². The number of amides is 1. The largest absolute Gasteiger partial charge is 0.497 e. The molecule has 2 aromatic rings. The number of hydrogen-bond acceptors (Lipinski definition) is 6. The van der Waals surface area contributed by atoms with Crippen molar-refractivity contribution in [1.82, 2.24) is 15.2 Å². The first-order valence-corrected chi connectivity index (χ1v) is 9.52. The lowest BCUT2D eigenvalue weighted by Gasteiger charge is -2.33. The number of anilines is 1. The fourth-order valence-corrected chi connectivity index (χ4v) is 3.56. The molecule has 7 heteroatoms. The van der Waals surface area contributed by atoms with Crippen LogP contribution in [0.2, 0.25) is 0 Å². The highest BCUT2D eigenvalue weighted by Crippen LogP contribution is 2.23. The van der Waals surface area contributed by atoms with Crippen molar-refractivity contribution in [2.24, 2.45) is 5.92 Å². The smallest absolute Gasteiger partial charge is 0.251 e. The Bertz CT molecular complexity index is 790. The number of nitrogens with one attached hydrogen (secondary N) is 1. The van der Waals surface area contributed by atoms with Gasteiger partial charge in [-0.25, -0.2) is 4.98 Å². The van der Waals surface area contributed by atoms with E-state index in [1.54, 1.807) is 38.6 Å². The lowest BCUT2D eigenvalue weighted by molar-refractivity contribution is 0.0930. The number of carbonyl (C=O) groups is 1. The molecule has 28 heavy (non-hydrogen) atoms. The van der Waals surface area contributed by atoms with E-state index >= 15 is 0 Å². The van der Waals surface area contributed by atoms with Crippen LogP contribution in [0.4, 0.5) is 5.82 Å². The number of nitrogens with two attached hydrogens (primary N) is 1. The highest BCUT2D eigenvalue weighted by atomic mass is 16.5. The molecule has 1 saturated heterocycles. The van der Waals surface area contributed by atoms with Crippen LogP contribution in [-0.2, 0) is 6.54 Å². The summed E-state index contributed by atoms with van der Waals surface area (Å²) in [6.07, 6.45) is 3.91. The fraction of sp³-hybridized carbons (Fsp3) is 0.429. The Hall–Kier alpha value is -2.80. The molecule has 1 aromatic heterocycles. The summed E-state index contributed by atoms with van der Waals surface area (Å²) < 4.78 is 10.5. The summed E-state index contributed by atoms with van der Waals surface area (Å²) in [6, 6.07) is 9.12. The molecule has 1 fully saturated rings. The molecule has 0 unspecified atom stereocenters. The number of aromatic nitrogens is 1. The minimum Gasteiger partial charge on any atom is -0.497 e. The van der Waals surface area contributed by atoms with E-state index in [9.17, 15) is 4.79 Å². The van der Waals surface area contributed by atoms with E-state index in [1.165, 1.54) is 0 Å². The van der Waals surface area contributed by atoms with Crippen molar-refractivity contribution in [3.8, 4) is 11.5 Å². The minimum absolute atomic E-state index is 0.120. The molecule has 1 atom stereocenters. The molecule has 0 bridgehead atoms. The number of carbonyl (C=O) groups excluding carboxylic acids is 1. The van der Waals surface area contributed by atoms with Crippen molar-refractivity contribution >= 4 is 11.7 Å². The molecule has 1 aliphatic rings. The molecule has 0 spiro atoms. The number of hydrogen-bond donors (Lipinski definition) is 2. The van der Waals surface area contributed by atoms with Gasteiger partial charge in [-0.15, -0.1) is 0 Å². The Kier molecular flexibility index (Phi) is 6.71. The summed E-state index contributed by atoms with van der Waals surface area (Å²) in [4.78, 5) is 19.1. The number of benzene rings is 1. The van der Waals surface area contributed by atoms with Crippen molar-refractivity contribution in [2.75, 3.05) is 39.6 Å². The van der Waals surface area contributed by atoms with Gasteiger partial charge in [0.15, 0.2) is 0 Å². The third-order valence-corrected chi connectivity index (χ3v) is 5.09. The fourth-order valence-electron chi connectivity index (χ4n) is 3.56. The summed E-state index contributed by atoms with van der Waals surface area (Å²) in [5.41, 5.74) is 7.55. The number of likely N-dealkylation sites (tertiary alicyclic amines) is 1. The number of pyridine rings is 1. The SMILES string of the molecule is COc1cc(OC)cc(C(=O)NC[C@H]2CCCN(Cc3cccnc3N)C2)c1. The van der Waals surface area contributed by atoms with Gasteiger partial charge in [-0.3, -0.25) is 9.69 Å². The highest BCUT2D eigenvalue weighted by molar-refractivity contribution is 5.95. The van der Waals surface area contributed by atoms with E-state index in [1.807, 2.05) is 12.1 Å². The molecule has 0 radical (unpaired) electrons. The Balaban J connectivity index is 1.55. The average Bonchev–Trinajstić information content (AvgIpc) is 2.73. The Morgan fingerprint density at radius 2 is 2.04 bits per heavy atom. The first kappa shape index (κ1) is 19.9.